The van der Waals surface area contributed by atoms with Gasteiger partial charge in [-0.3, -0.25) is 9.89 Å². The molecule has 1 aromatic carbocycles. The highest BCUT2D eigenvalue weighted by Gasteiger charge is 2.29. The number of H-pyrrole nitrogens is 1. The Kier molecular flexibility index (Phi) is 4.57. The molecule has 1 aliphatic carbocycles. The molecular formula is C20H25N3O3. The van der Waals surface area contributed by atoms with E-state index in [1.165, 1.54) is 0 Å². The van der Waals surface area contributed by atoms with E-state index in [0.29, 0.717) is 37.1 Å². The Morgan fingerprint density at radius 3 is 3.15 bits per heavy atom. The van der Waals surface area contributed by atoms with Gasteiger partial charge in [-0.05, 0) is 37.7 Å². The van der Waals surface area contributed by atoms with Gasteiger partial charge in [0.2, 0.25) is 0 Å². The third kappa shape index (κ3) is 3.04. The van der Waals surface area contributed by atoms with Crippen molar-refractivity contribution in [3.63, 3.8) is 0 Å². The first-order chi connectivity index (χ1) is 12.7. The van der Waals surface area contributed by atoms with E-state index in [1.54, 1.807) is 7.11 Å². The molecule has 1 aliphatic heterocycles. The summed E-state index contributed by atoms with van der Waals surface area (Å²) in [6.45, 7) is 3.96. The van der Waals surface area contributed by atoms with Crippen molar-refractivity contribution in [2.45, 2.75) is 39.2 Å². The summed E-state index contributed by atoms with van der Waals surface area (Å²) in [6, 6.07) is 5.81. The van der Waals surface area contributed by atoms with Crippen LogP contribution in [0.2, 0.25) is 0 Å². The van der Waals surface area contributed by atoms with Crippen molar-refractivity contribution in [3.8, 4) is 11.5 Å². The average molecular weight is 355 g/mol. The normalized spacial score (nSPS) is 19.6. The van der Waals surface area contributed by atoms with Crippen molar-refractivity contribution in [1.29, 1.82) is 0 Å². The summed E-state index contributed by atoms with van der Waals surface area (Å²) in [5.41, 5.74) is 3.80. The highest BCUT2D eigenvalue weighted by molar-refractivity contribution is 5.94. The van der Waals surface area contributed by atoms with Gasteiger partial charge in [-0.25, -0.2) is 0 Å². The predicted octanol–water partition coefficient (Wildman–Crippen LogP) is 2.97. The van der Waals surface area contributed by atoms with E-state index in [4.69, 9.17) is 9.47 Å². The molecule has 0 spiro atoms. The number of fused-ring (bicyclic) bond motifs is 2. The van der Waals surface area contributed by atoms with Crippen LogP contribution in [0.15, 0.2) is 18.2 Å². The van der Waals surface area contributed by atoms with Crippen LogP contribution in [-0.4, -0.2) is 41.3 Å². The van der Waals surface area contributed by atoms with Gasteiger partial charge in [0.1, 0.15) is 0 Å². The number of carbonyl (C=O) groups excluding carboxylic acids is 1. The second-order valence-corrected chi connectivity index (χ2v) is 7.25. The molecule has 0 saturated carbocycles. The number of nitrogens with zero attached hydrogens (tertiary/aromatic N) is 2. The molecular weight excluding hydrogens is 330 g/mol. The fourth-order valence-corrected chi connectivity index (χ4v) is 3.89. The minimum atomic E-state index is 0.00673. The van der Waals surface area contributed by atoms with Gasteiger partial charge in [-0.1, -0.05) is 19.1 Å². The number of carbonyl (C=O) groups is 1. The van der Waals surface area contributed by atoms with Gasteiger partial charge >= 0.3 is 0 Å². The summed E-state index contributed by atoms with van der Waals surface area (Å²) in [7, 11) is 1.64. The van der Waals surface area contributed by atoms with E-state index in [0.717, 1.165) is 48.3 Å². The van der Waals surface area contributed by atoms with Gasteiger partial charge in [-0.15, -0.1) is 0 Å². The lowest BCUT2D eigenvalue weighted by Gasteiger charge is -2.27. The molecule has 2 aliphatic rings. The number of benzene rings is 1. The number of para-hydroxylation sites is 1. The summed E-state index contributed by atoms with van der Waals surface area (Å²) < 4.78 is 11.3. The molecule has 2 heterocycles. The first-order valence-corrected chi connectivity index (χ1v) is 9.31. The van der Waals surface area contributed by atoms with Gasteiger partial charge < -0.3 is 14.4 Å². The quantitative estimate of drug-likeness (QED) is 0.899. The zero-order chi connectivity index (χ0) is 18.1. The molecule has 1 amide bonds. The lowest BCUT2D eigenvalue weighted by atomic mass is 9.87. The predicted molar refractivity (Wildman–Crippen MR) is 97.6 cm³/mol. The van der Waals surface area contributed by atoms with Crippen molar-refractivity contribution in [1.82, 2.24) is 15.1 Å². The van der Waals surface area contributed by atoms with Crippen LogP contribution in [0.5, 0.6) is 11.5 Å². The topological polar surface area (TPSA) is 67.5 Å². The summed E-state index contributed by atoms with van der Waals surface area (Å²) >= 11 is 0. The molecule has 0 bridgehead atoms. The number of nitrogens with one attached hydrogen (secondary N) is 1. The van der Waals surface area contributed by atoms with Crippen LogP contribution in [0.4, 0.5) is 0 Å². The lowest BCUT2D eigenvalue weighted by molar-refractivity contribution is 0.0714. The van der Waals surface area contributed by atoms with Gasteiger partial charge in [0.15, 0.2) is 17.2 Å². The molecule has 138 valence electrons. The Labute approximate surface area is 153 Å². The Bertz CT molecular complexity index is 815. The van der Waals surface area contributed by atoms with Crippen molar-refractivity contribution in [3.05, 3.63) is 40.7 Å². The van der Waals surface area contributed by atoms with Crippen molar-refractivity contribution < 1.29 is 14.3 Å². The third-order valence-electron chi connectivity index (χ3n) is 5.34. The third-order valence-corrected chi connectivity index (χ3v) is 5.34. The van der Waals surface area contributed by atoms with Crippen LogP contribution in [-0.2, 0) is 19.4 Å². The number of methoxy groups -OCH3 is 1. The molecule has 6 nitrogen and oxygen atoms in total. The van der Waals surface area contributed by atoms with Crippen LogP contribution in [0, 0.1) is 5.92 Å². The van der Waals surface area contributed by atoms with Gasteiger partial charge in [0.25, 0.3) is 5.91 Å². The minimum absolute atomic E-state index is 0.00673. The zero-order valence-electron chi connectivity index (χ0n) is 15.4. The van der Waals surface area contributed by atoms with Crippen molar-refractivity contribution in [2.75, 3.05) is 20.3 Å². The Morgan fingerprint density at radius 1 is 1.42 bits per heavy atom. The summed E-state index contributed by atoms with van der Waals surface area (Å²) in [5.74, 6) is 2.05. The Morgan fingerprint density at radius 2 is 2.31 bits per heavy atom. The van der Waals surface area contributed by atoms with Crippen LogP contribution >= 0.6 is 0 Å². The number of rotatable bonds is 2. The number of ether oxygens (including phenoxy) is 2. The number of aromatic nitrogens is 2. The first-order valence-electron chi connectivity index (χ1n) is 9.31. The number of amides is 1. The second-order valence-electron chi connectivity index (χ2n) is 7.25. The Balaban J connectivity index is 1.63. The molecule has 0 fully saturated rings. The van der Waals surface area contributed by atoms with Crippen molar-refractivity contribution in [2.24, 2.45) is 5.92 Å². The maximum absolute atomic E-state index is 13.2. The summed E-state index contributed by atoms with van der Waals surface area (Å²) in [5, 5.41) is 7.47. The molecule has 1 aromatic heterocycles. The van der Waals surface area contributed by atoms with Gasteiger partial charge in [0.05, 0.1) is 13.7 Å². The van der Waals surface area contributed by atoms with Crippen LogP contribution < -0.4 is 9.47 Å². The largest absolute Gasteiger partial charge is 0.493 e. The molecule has 1 unspecified atom stereocenters. The maximum Gasteiger partial charge on any atom is 0.274 e. The number of hydrogen-bond donors (Lipinski definition) is 1. The minimum Gasteiger partial charge on any atom is -0.493 e. The Hall–Kier alpha value is -2.50. The number of aryl methyl sites for hydroxylation is 1. The van der Waals surface area contributed by atoms with Crippen LogP contribution in [0.3, 0.4) is 0 Å². The van der Waals surface area contributed by atoms with Crippen LogP contribution in [0.1, 0.15) is 47.1 Å². The highest BCUT2D eigenvalue weighted by Crippen LogP contribution is 2.34. The van der Waals surface area contributed by atoms with E-state index in [1.807, 2.05) is 23.1 Å². The molecule has 1 N–H and O–H groups in total. The van der Waals surface area contributed by atoms with Gasteiger partial charge in [-0.2, -0.15) is 5.10 Å². The standard InChI is InChI=1S/C20H25N3O3/c1-13-7-8-16-15(11-13)18(22-21-16)20(24)23-9-4-10-26-19-14(12-23)5-3-6-17(19)25-2/h3,5-6,13H,4,7-12H2,1-2H3,(H,21,22). The molecule has 26 heavy (non-hydrogen) atoms. The van der Waals surface area contributed by atoms with E-state index in [-0.39, 0.29) is 5.91 Å². The molecule has 1 atom stereocenters. The van der Waals surface area contributed by atoms with E-state index >= 15 is 0 Å². The SMILES string of the molecule is COc1cccc2c1OCCCN(C(=O)c1n[nH]c3c1CC(C)CC3)C2. The molecule has 2 aromatic rings. The van der Waals surface area contributed by atoms with E-state index in [2.05, 4.69) is 17.1 Å². The smallest absolute Gasteiger partial charge is 0.274 e. The average Bonchev–Trinajstić information content (AvgIpc) is 3.04. The van der Waals surface area contributed by atoms with E-state index < -0.39 is 0 Å². The second kappa shape index (κ2) is 7.02. The van der Waals surface area contributed by atoms with E-state index in [9.17, 15) is 4.79 Å². The molecule has 0 saturated heterocycles. The number of hydrogen-bond acceptors (Lipinski definition) is 4. The summed E-state index contributed by atoms with van der Waals surface area (Å²) in [6.07, 6.45) is 3.84. The highest BCUT2D eigenvalue weighted by atomic mass is 16.5. The van der Waals surface area contributed by atoms with Crippen LogP contribution in [0.25, 0.3) is 0 Å². The zero-order valence-corrected chi connectivity index (χ0v) is 15.4. The number of aromatic amines is 1. The maximum atomic E-state index is 13.2. The van der Waals surface area contributed by atoms with Crippen molar-refractivity contribution >= 4 is 5.91 Å². The van der Waals surface area contributed by atoms with Gasteiger partial charge in [0, 0.05) is 29.9 Å². The monoisotopic (exact) mass is 355 g/mol. The fourth-order valence-electron chi connectivity index (χ4n) is 3.89. The molecule has 6 heteroatoms. The first kappa shape index (κ1) is 16.9. The lowest BCUT2D eigenvalue weighted by Crippen LogP contribution is -2.34. The summed E-state index contributed by atoms with van der Waals surface area (Å²) in [4.78, 5) is 15.1. The molecule has 4 rings (SSSR count). The molecule has 0 radical (unpaired) electrons. The fraction of sp³-hybridized carbons (Fsp3) is 0.500.